The number of aromatic amines is 1. The van der Waals surface area contributed by atoms with Gasteiger partial charge < -0.3 is 25.8 Å². The van der Waals surface area contributed by atoms with Gasteiger partial charge in [0.1, 0.15) is 18.1 Å². The number of imidazole rings is 1. The van der Waals surface area contributed by atoms with Gasteiger partial charge >= 0.3 is 6.03 Å². The van der Waals surface area contributed by atoms with Crippen molar-refractivity contribution < 1.29 is 24.0 Å². The quantitative estimate of drug-likeness (QED) is 0.393. The fourth-order valence-corrected chi connectivity index (χ4v) is 4.48. The van der Waals surface area contributed by atoms with E-state index in [-0.39, 0.29) is 19.4 Å². The average Bonchev–Trinajstić information content (AvgIpc) is 3.52. The Labute approximate surface area is 201 Å². The van der Waals surface area contributed by atoms with Gasteiger partial charge in [0, 0.05) is 31.4 Å². The van der Waals surface area contributed by atoms with Crippen LogP contribution in [0.2, 0.25) is 0 Å². The fourth-order valence-electron chi connectivity index (χ4n) is 4.48. The molecule has 5 N–H and O–H groups in total. The number of hydrogen-bond donors (Lipinski definition) is 4. The molecule has 12 nitrogen and oxygen atoms in total. The van der Waals surface area contributed by atoms with Gasteiger partial charge in [0.15, 0.2) is 0 Å². The lowest BCUT2D eigenvalue weighted by molar-refractivity contribution is -0.141. The fraction of sp³-hybridized carbons (Fsp3) is 0.391. The van der Waals surface area contributed by atoms with E-state index in [1.807, 2.05) is 18.2 Å². The van der Waals surface area contributed by atoms with Gasteiger partial charge in [-0.1, -0.05) is 30.3 Å². The van der Waals surface area contributed by atoms with E-state index in [9.17, 15) is 24.0 Å². The Kier molecular flexibility index (Phi) is 7.09. The minimum atomic E-state index is -1.11. The number of nitrogens with zero attached hydrogens (tertiary/aromatic N) is 3. The second-order valence-corrected chi connectivity index (χ2v) is 8.62. The van der Waals surface area contributed by atoms with Crippen molar-refractivity contribution in [3.63, 3.8) is 0 Å². The molecule has 184 valence electrons. The summed E-state index contributed by atoms with van der Waals surface area (Å²) in [6, 6.07) is 5.46. The van der Waals surface area contributed by atoms with Gasteiger partial charge in [-0.3, -0.25) is 24.5 Å². The summed E-state index contributed by atoms with van der Waals surface area (Å²) in [6.45, 7) is 0.444. The highest BCUT2D eigenvalue weighted by molar-refractivity contribution is 6.03. The third-order valence-corrected chi connectivity index (χ3v) is 6.22. The third kappa shape index (κ3) is 5.48. The normalized spacial score (nSPS) is 20.9. The zero-order valence-corrected chi connectivity index (χ0v) is 19.0. The lowest BCUT2D eigenvalue weighted by Crippen LogP contribution is -2.62. The second kappa shape index (κ2) is 10.4. The molecule has 0 spiro atoms. The van der Waals surface area contributed by atoms with Gasteiger partial charge in [0.25, 0.3) is 0 Å². The first-order chi connectivity index (χ1) is 16.8. The summed E-state index contributed by atoms with van der Waals surface area (Å²) in [7, 11) is 0. The van der Waals surface area contributed by atoms with E-state index in [0.29, 0.717) is 25.1 Å². The predicted molar refractivity (Wildman–Crippen MR) is 122 cm³/mol. The van der Waals surface area contributed by atoms with Crippen LogP contribution in [0.15, 0.2) is 42.9 Å². The van der Waals surface area contributed by atoms with Gasteiger partial charge in [-0.25, -0.2) is 9.78 Å². The molecule has 2 aliphatic heterocycles. The molecule has 4 rings (SSSR count). The number of urea groups is 1. The lowest BCUT2D eigenvalue weighted by Gasteiger charge is -2.35. The molecule has 0 aliphatic carbocycles. The molecule has 2 aliphatic rings. The van der Waals surface area contributed by atoms with Crippen LogP contribution in [-0.4, -0.2) is 74.1 Å². The number of imide groups is 1. The van der Waals surface area contributed by atoms with E-state index in [0.717, 1.165) is 5.56 Å². The van der Waals surface area contributed by atoms with E-state index in [2.05, 4.69) is 20.6 Å². The van der Waals surface area contributed by atoms with Crippen LogP contribution in [0, 0.1) is 0 Å². The van der Waals surface area contributed by atoms with E-state index >= 15 is 0 Å². The molecule has 6 amide bonds. The first-order valence-electron chi connectivity index (χ1n) is 11.3. The van der Waals surface area contributed by atoms with Crippen LogP contribution >= 0.6 is 0 Å². The smallest absolute Gasteiger partial charge is 0.325 e. The maximum absolute atomic E-state index is 13.4. The number of amides is 6. The predicted octanol–water partition coefficient (Wildman–Crippen LogP) is -0.576. The standard InChI is InChI=1S/C23H27N7O5/c24-20(32)17-7-4-8-29(17)22(34)16(9-15-11-25-13-26-15)27-21(33)18-10-19(31)28-23(35)30(18)12-14-5-2-1-3-6-14/h1-3,5-6,11,13,16-18H,4,7-10,12H2,(H2,24,32)(H,25,26)(H,27,33)(H,28,31,35)/t16-,17-,18+/m1/s1. The van der Waals surface area contributed by atoms with Crippen LogP contribution in [0.25, 0.3) is 0 Å². The van der Waals surface area contributed by atoms with Gasteiger partial charge in [0.05, 0.1) is 12.7 Å². The molecule has 0 unspecified atom stereocenters. The highest BCUT2D eigenvalue weighted by Crippen LogP contribution is 2.20. The molecule has 1 aromatic heterocycles. The van der Waals surface area contributed by atoms with Gasteiger partial charge in [-0.15, -0.1) is 0 Å². The highest BCUT2D eigenvalue weighted by atomic mass is 16.2. The third-order valence-electron chi connectivity index (χ3n) is 6.22. The molecule has 0 radical (unpaired) electrons. The summed E-state index contributed by atoms with van der Waals surface area (Å²) in [5.74, 6) is -2.29. The van der Waals surface area contributed by atoms with Crippen molar-refractivity contribution in [2.45, 2.75) is 50.4 Å². The Morgan fingerprint density at radius 1 is 1.17 bits per heavy atom. The molecule has 3 atom stereocenters. The number of hydrogen-bond acceptors (Lipinski definition) is 6. The van der Waals surface area contributed by atoms with Crippen molar-refractivity contribution in [2.24, 2.45) is 5.73 Å². The topological polar surface area (TPSA) is 171 Å². The minimum Gasteiger partial charge on any atom is -0.368 e. The van der Waals surface area contributed by atoms with E-state index in [1.165, 1.54) is 22.3 Å². The van der Waals surface area contributed by atoms with Crippen molar-refractivity contribution in [1.82, 2.24) is 30.4 Å². The minimum absolute atomic E-state index is 0.0815. The number of carbonyl (C=O) groups is 5. The number of aromatic nitrogens is 2. The Morgan fingerprint density at radius 2 is 1.94 bits per heavy atom. The molecule has 0 saturated carbocycles. The maximum Gasteiger partial charge on any atom is 0.325 e. The van der Waals surface area contributed by atoms with E-state index in [4.69, 9.17) is 5.73 Å². The SMILES string of the molecule is NC(=O)[C@H]1CCCN1C(=O)[C@@H](Cc1cnc[nH]1)NC(=O)[C@@H]1CC(=O)NC(=O)N1Cc1ccccc1. The van der Waals surface area contributed by atoms with Crippen LogP contribution in [0.4, 0.5) is 4.79 Å². The number of likely N-dealkylation sites (tertiary alicyclic amines) is 1. The number of primary amides is 1. The zero-order valence-electron chi connectivity index (χ0n) is 19.0. The Morgan fingerprint density at radius 3 is 2.63 bits per heavy atom. The highest BCUT2D eigenvalue weighted by Gasteiger charge is 2.41. The molecule has 35 heavy (non-hydrogen) atoms. The summed E-state index contributed by atoms with van der Waals surface area (Å²) >= 11 is 0. The summed E-state index contributed by atoms with van der Waals surface area (Å²) in [5, 5.41) is 4.95. The second-order valence-electron chi connectivity index (χ2n) is 8.62. The Hall–Kier alpha value is -4.22. The van der Waals surface area contributed by atoms with Gasteiger partial charge in [-0.05, 0) is 18.4 Å². The van der Waals surface area contributed by atoms with Crippen LogP contribution < -0.4 is 16.4 Å². The van der Waals surface area contributed by atoms with Crippen molar-refractivity contribution in [2.75, 3.05) is 6.54 Å². The molecule has 2 aromatic rings. The number of nitrogens with one attached hydrogen (secondary N) is 3. The molecular weight excluding hydrogens is 454 g/mol. The van der Waals surface area contributed by atoms with Crippen LogP contribution in [0.1, 0.15) is 30.5 Å². The first kappa shape index (κ1) is 23.9. The average molecular weight is 482 g/mol. The van der Waals surface area contributed by atoms with Crippen molar-refractivity contribution in [3.8, 4) is 0 Å². The van der Waals surface area contributed by atoms with Crippen LogP contribution in [-0.2, 0) is 32.1 Å². The van der Waals surface area contributed by atoms with Crippen molar-refractivity contribution >= 4 is 29.7 Å². The number of carbonyl (C=O) groups excluding carboxylic acids is 5. The van der Waals surface area contributed by atoms with Crippen LogP contribution in [0.3, 0.4) is 0 Å². The number of rotatable bonds is 8. The van der Waals surface area contributed by atoms with Crippen molar-refractivity contribution in [3.05, 3.63) is 54.1 Å². The Bertz CT molecular complexity index is 1100. The summed E-state index contributed by atoms with van der Waals surface area (Å²) in [6.07, 6.45) is 3.88. The molecule has 12 heteroatoms. The van der Waals surface area contributed by atoms with E-state index in [1.54, 1.807) is 12.1 Å². The molecule has 0 bridgehead atoms. The van der Waals surface area contributed by atoms with Gasteiger partial charge in [-0.2, -0.15) is 0 Å². The molecule has 1 aromatic carbocycles. The largest absolute Gasteiger partial charge is 0.368 e. The number of H-pyrrole nitrogens is 1. The molecular formula is C23H27N7O5. The zero-order chi connectivity index (χ0) is 24.9. The van der Waals surface area contributed by atoms with Crippen LogP contribution in [0.5, 0.6) is 0 Å². The summed E-state index contributed by atoms with van der Waals surface area (Å²) in [5.41, 5.74) is 6.85. The first-order valence-corrected chi connectivity index (χ1v) is 11.3. The van der Waals surface area contributed by atoms with Gasteiger partial charge in [0.2, 0.25) is 23.6 Å². The monoisotopic (exact) mass is 481 g/mol. The Balaban J connectivity index is 1.56. The molecule has 2 saturated heterocycles. The summed E-state index contributed by atoms with van der Waals surface area (Å²) in [4.78, 5) is 72.9. The molecule has 2 fully saturated rings. The number of nitrogens with two attached hydrogens (primary N) is 1. The lowest BCUT2D eigenvalue weighted by atomic mass is 10.0. The maximum atomic E-state index is 13.4. The van der Waals surface area contributed by atoms with E-state index < -0.39 is 47.8 Å². The van der Waals surface area contributed by atoms with Crippen molar-refractivity contribution in [1.29, 1.82) is 0 Å². The summed E-state index contributed by atoms with van der Waals surface area (Å²) < 4.78 is 0. The number of benzene rings is 1. The molecule has 3 heterocycles.